The fourth-order valence-corrected chi connectivity index (χ4v) is 5.54. The van der Waals surface area contributed by atoms with Crippen LogP contribution in [0.5, 0.6) is 0 Å². The number of hydrogen-bond acceptors (Lipinski definition) is 4. The molecule has 0 spiro atoms. The average molecular weight is 538 g/mol. The van der Waals surface area contributed by atoms with Crippen molar-refractivity contribution in [3.05, 3.63) is 135 Å². The van der Waals surface area contributed by atoms with Gasteiger partial charge in [0.1, 0.15) is 5.82 Å². The molecule has 0 unspecified atom stereocenters. The Morgan fingerprint density at radius 3 is 2.44 bits per heavy atom. The van der Waals surface area contributed by atoms with Crippen LogP contribution in [0.3, 0.4) is 0 Å². The van der Waals surface area contributed by atoms with E-state index in [0.29, 0.717) is 39.6 Å². The molecule has 7 heteroatoms. The highest BCUT2D eigenvalue weighted by atomic mass is 32.2. The lowest BCUT2D eigenvalue weighted by Gasteiger charge is -2.18. The Morgan fingerprint density at radius 2 is 1.69 bits per heavy atom. The molecule has 5 aromatic rings. The summed E-state index contributed by atoms with van der Waals surface area (Å²) in [4.78, 5) is 33.5. The van der Waals surface area contributed by atoms with Gasteiger partial charge in [-0.25, -0.2) is 9.37 Å². The Hall–Kier alpha value is -4.23. The number of thioether (sulfide) groups is 1. The largest absolute Gasteiger partial charge is 0.337 e. The Balaban J connectivity index is 1.55. The summed E-state index contributed by atoms with van der Waals surface area (Å²) in [6.45, 7) is 4.57. The molecule has 4 aromatic carbocycles. The van der Waals surface area contributed by atoms with E-state index in [9.17, 15) is 14.0 Å². The minimum absolute atomic E-state index is 0.158. The molecule has 0 aliphatic heterocycles. The maximum absolute atomic E-state index is 13.7. The van der Waals surface area contributed by atoms with E-state index in [0.717, 1.165) is 22.3 Å². The van der Waals surface area contributed by atoms with Gasteiger partial charge in [0.05, 0.1) is 16.6 Å². The van der Waals surface area contributed by atoms with Gasteiger partial charge in [-0.05, 0) is 73.0 Å². The van der Waals surface area contributed by atoms with Gasteiger partial charge in [-0.3, -0.25) is 14.2 Å². The fraction of sp³-hybridized carbons (Fsp3) is 0.156. The third kappa shape index (κ3) is 5.78. The van der Waals surface area contributed by atoms with Crippen LogP contribution in [0, 0.1) is 19.7 Å². The van der Waals surface area contributed by atoms with Crippen LogP contribution in [-0.4, -0.2) is 27.4 Å². The number of aryl methyl sites for hydroxylation is 2. The van der Waals surface area contributed by atoms with E-state index in [1.54, 1.807) is 42.3 Å². The van der Waals surface area contributed by atoms with Crippen LogP contribution < -0.4 is 5.56 Å². The van der Waals surface area contributed by atoms with E-state index in [1.165, 1.54) is 28.5 Å². The van der Waals surface area contributed by atoms with E-state index in [4.69, 9.17) is 4.98 Å². The second kappa shape index (κ2) is 11.3. The van der Waals surface area contributed by atoms with Crippen molar-refractivity contribution in [2.75, 3.05) is 7.05 Å². The summed E-state index contributed by atoms with van der Waals surface area (Å²) in [5, 5.41) is 0.861. The van der Waals surface area contributed by atoms with Crippen molar-refractivity contribution >= 4 is 28.6 Å². The first-order valence-electron chi connectivity index (χ1n) is 12.6. The number of amides is 1. The SMILES string of the molecule is Cc1ccc(C)c(CSc2nc3cc(C(=O)N(C)Cc4ccccc4)ccc3c(=O)n2-c2ccc(F)cc2)c1. The number of halogens is 1. The summed E-state index contributed by atoms with van der Waals surface area (Å²) >= 11 is 1.44. The van der Waals surface area contributed by atoms with Gasteiger partial charge in [0.25, 0.3) is 11.5 Å². The van der Waals surface area contributed by atoms with E-state index < -0.39 is 0 Å². The highest BCUT2D eigenvalue weighted by Gasteiger charge is 2.18. The number of hydrogen-bond donors (Lipinski definition) is 0. The zero-order valence-corrected chi connectivity index (χ0v) is 22.8. The standard InChI is InChI=1S/C32H28FN3O2S/c1-21-9-10-22(2)25(17-21)20-39-32-34-29-18-24(30(37)35(3)19-23-7-5-4-6-8-23)11-16-28(29)31(38)36(32)27-14-12-26(33)13-15-27/h4-18H,19-20H2,1-3H3. The van der Waals surface area contributed by atoms with E-state index in [-0.39, 0.29) is 17.3 Å². The Labute approximate surface area is 230 Å². The van der Waals surface area contributed by atoms with Gasteiger partial charge in [0.15, 0.2) is 5.16 Å². The molecule has 5 nitrogen and oxygen atoms in total. The minimum atomic E-state index is -0.382. The average Bonchev–Trinajstić information content (AvgIpc) is 2.94. The van der Waals surface area contributed by atoms with Crippen molar-refractivity contribution in [2.24, 2.45) is 0 Å². The molecule has 0 aliphatic rings. The lowest BCUT2D eigenvalue weighted by molar-refractivity contribution is 0.0785. The molecule has 0 radical (unpaired) electrons. The summed E-state index contributed by atoms with van der Waals surface area (Å²) in [6, 6.07) is 26.8. The highest BCUT2D eigenvalue weighted by molar-refractivity contribution is 7.98. The van der Waals surface area contributed by atoms with Crippen molar-refractivity contribution in [1.82, 2.24) is 14.5 Å². The maximum Gasteiger partial charge on any atom is 0.266 e. The van der Waals surface area contributed by atoms with Gasteiger partial charge in [-0.2, -0.15) is 0 Å². The molecule has 0 saturated heterocycles. The number of nitrogens with zero attached hydrogens (tertiary/aromatic N) is 3. The normalized spacial score (nSPS) is 11.1. The molecule has 0 bridgehead atoms. The van der Waals surface area contributed by atoms with Crippen LogP contribution in [0.1, 0.15) is 32.6 Å². The molecule has 0 saturated carbocycles. The molecule has 0 fully saturated rings. The molecule has 39 heavy (non-hydrogen) atoms. The van der Waals surface area contributed by atoms with Crippen molar-refractivity contribution in [2.45, 2.75) is 31.3 Å². The Morgan fingerprint density at radius 1 is 0.949 bits per heavy atom. The van der Waals surface area contributed by atoms with Gasteiger partial charge in [0.2, 0.25) is 0 Å². The van der Waals surface area contributed by atoms with Gasteiger partial charge < -0.3 is 4.90 Å². The number of rotatable bonds is 7. The van der Waals surface area contributed by atoms with Crippen molar-refractivity contribution in [3.8, 4) is 5.69 Å². The Bertz CT molecular complexity index is 1720. The molecular weight excluding hydrogens is 509 g/mol. The maximum atomic E-state index is 13.7. The number of fused-ring (bicyclic) bond motifs is 1. The van der Waals surface area contributed by atoms with Gasteiger partial charge in [-0.15, -0.1) is 0 Å². The number of carbonyl (C=O) groups is 1. The lowest BCUT2D eigenvalue weighted by Crippen LogP contribution is -2.26. The molecule has 1 heterocycles. The van der Waals surface area contributed by atoms with Crippen molar-refractivity contribution in [3.63, 3.8) is 0 Å². The fourth-order valence-electron chi connectivity index (χ4n) is 4.46. The molecule has 0 atom stereocenters. The molecule has 1 aromatic heterocycles. The van der Waals surface area contributed by atoms with Gasteiger partial charge >= 0.3 is 0 Å². The minimum Gasteiger partial charge on any atom is -0.337 e. The number of carbonyl (C=O) groups excluding carboxylic acids is 1. The summed E-state index contributed by atoms with van der Waals surface area (Å²) in [5.74, 6) is 0.0632. The van der Waals surface area contributed by atoms with E-state index >= 15 is 0 Å². The first kappa shape index (κ1) is 26.4. The lowest BCUT2D eigenvalue weighted by atomic mass is 10.1. The van der Waals surface area contributed by atoms with Crippen LogP contribution in [0.4, 0.5) is 4.39 Å². The quantitative estimate of drug-likeness (QED) is 0.171. The number of aromatic nitrogens is 2. The molecular formula is C32H28FN3O2S. The molecule has 0 aliphatic carbocycles. The monoisotopic (exact) mass is 537 g/mol. The first-order chi connectivity index (χ1) is 18.8. The van der Waals surface area contributed by atoms with Crippen LogP contribution in [-0.2, 0) is 12.3 Å². The second-order valence-corrected chi connectivity index (χ2v) is 10.6. The zero-order valence-electron chi connectivity index (χ0n) is 22.0. The van der Waals surface area contributed by atoms with Crippen molar-refractivity contribution < 1.29 is 9.18 Å². The van der Waals surface area contributed by atoms with Crippen LogP contribution in [0.2, 0.25) is 0 Å². The zero-order chi connectivity index (χ0) is 27.5. The third-order valence-corrected chi connectivity index (χ3v) is 7.63. The molecule has 5 rings (SSSR count). The van der Waals surface area contributed by atoms with Crippen LogP contribution in [0.25, 0.3) is 16.6 Å². The third-order valence-electron chi connectivity index (χ3n) is 6.64. The number of benzene rings is 4. The topological polar surface area (TPSA) is 55.2 Å². The second-order valence-electron chi connectivity index (χ2n) is 9.61. The summed E-state index contributed by atoms with van der Waals surface area (Å²) in [7, 11) is 1.75. The molecule has 1 amide bonds. The van der Waals surface area contributed by atoms with Gasteiger partial charge in [0, 0.05) is 24.9 Å². The summed E-state index contributed by atoms with van der Waals surface area (Å²) in [6.07, 6.45) is 0. The van der Waals surface area contributed by atoms with Crippen molar-refractivity contribution in [1.29, 1.82) is 0 Å². The van der Waals surface area contributed by atoms with Crippen LogP contribution >= 0.6 is 11.8 Å². The molecule has 0 N–H and O–H groups in total. The Kier molecular flexibility index (Phi) is 7.61. The van der Waals surface area contributed by atoms with E-state index in [1.807, 2.05) is 37.3 Å². The van der Waals surface area contributed by atoms with Gasteiger partial charge in [-0.1, -0.05) is 65.9 Å². The van der Waals surface area contributed by atoms with E-state index in [2.05, 4.69) is 25.1 Å². The smallest absolute Gasteiger partial charge is 0.266 e. The first-order valence-corrected chi connectivity index (χ1v) is 13.6. The molecule has 196 valence electrons. The van der Waals surface area contributed by atoms with Crippen LogP contribution in [0.15, 0.2) is 101 Å². The summed E-state index contributed by atoms with van der Waals surface area (Å²) < 4.78 is 15.2. The summed E-state index contributed by atoms with van der Waals surface area (Å²) in [5.41, 5.74) is 5.64. The predicted molar refractivity (Wildman–Crippen MR) is 155 cm³/mol. The predicted octanol–water partition coefficient (Wildman–Crippen LogP) is 6.71. The highest BCUT2D eigenvalue weighted by Crippen LogP contribution is 2.27.